The first-order chi connectivity index (χ1) is 7.17. The Hall–Kier alpha value is -1.29. The molecule has 0 spiro atoms. The molecule has 1 rings (SSSR count). The molecule has 0 saturated carbocycles. The van der Waals surface area contributed by atoms with Crippen LogP contribution in [-0.2, 0) is 0 Å². The van der Waals surface area contributed by atoms with Gasteiger partial charge < -0.3 is 14.9 Å². The highest BCUT2D eigenvalue weighted by Crippen LogP contribution is 2.18. The highest BCUT2D eigenvalue weighted by molar-refractivity contribution is 5.22. The van der Waals surface area contributed by atoms with Crippen molar-refractivity contribution in [1.82, 2.24) is 0 Å². The number of nitrogens with two attached hydrogens (primary N) is 1. The van der Waals surface area contributed by atoms with Gasteiger partial charge >= 0.3 is 5.63 Å². The molecule has 1 aromatic heterocycles. The quantitative estimate of drug-likeness (QED) is 0.807. The van der Waals surface area contributed by atoms with Crippen LogP contribution in [0.1, 0.15) is 38.5 Å². The average molecular weight is 211 g/mol. The summed E-state index contributed by atoms with van der Waals surface area (Å²) < 4.78 is 10.3. The summed E-state index contributed by atoms with van der Waals surface area (Å²) in [5.74, 6) is 1.02. The number of rotatable bonds is 5. The van der Waals surface area contributed by atoms with Crippen molar-refractivity contribution in [2.45, 2.75) is 32.7 Å². The first-order valence-corrected chi connectivity index (χ1v) is 5.20. The molecule has 0 saturated heterocycles. The van der Waals surface area contributed by atoms with Crippen molar-refractivity contribution < 1.29 is 9.15 Å². The van der Waals surface area contributed by atoms with Crippen LogP contribution >= 0.6 is 0 Å². The lowest BCUT2D eigenvalue weighted by molar-refractivity contribution is 0.327. The Morgan fingerprint density at radius 1 is 1.47 bits per heavy atom. The molecule has 0 aromatic carbocycles. The van der Waals surface area contributed by atoms with E-state index >= 15 is 0 Å². The van der Waals surface area contributed by atoms with Gasteiger partial charge in [-0.2, -0.15) is 0 Å². The van der Waals surface area contributed by atoms with E-state index in [1.54, 1.807) is 6.07 Å². The molecule has 2 N–H and O–H groups in total. The summed E-state index contributed by atoms with van der Waals surface area (Å²) in [6.45, 7) is 4.41. The zero-order valence-electron chi connectivity index (χ0n) is 9.16. The molecule has 0 radical (unpaired) electrons. The van der Waals surface area contributed by atoms with Gasteiger partial charge in [-0.25, -0.2) is 4.79 Å². The molecule has 0 amide bonds. The van der Waals surface area contributed by atoms with Crippen LogP contribution in [0, 0.1) is 0 Å². The van der Waals surface area contributed by atoms with Gasteiger partial charge in [0.25, 0.3) is 0 Å². The van der Waals surface area contributed by atoms with Crippen molar-refractivity contribution in [2.24, 2.45) is 5.73 Å². The minimum Gasteiger partial charge on any atom is -0.493 e. The highest BCUT2D eigenvalue weighted by atomic mass is 16.5. The third kappa shape index (κ3) is 3.40. The maximum absolute atomic E-state index is 11.2. The normalized spacial score (nSPS) is 12.5. The van der Waals surface area contributed by atoms with Gasteiger partial charge in [0.1, 0.15) is 11.5 Å². The van der Waals surface area contributed by atoms with E-state index in [4.69, 9.17) is 14.9 Å². The molecule has 0 bridgehead atoms. The van der Waals surface area contributed by atoms with Crippen LogP contribution < -0.4 is 16.1 Å². The number of hydrogen-bond donors (Lipinski definition) is 1. The minimum atomic E-state index is -0.414. The molecule has 1 aromatic rings. The zero-order chi connectivity index (χ0) is 11.3. The van der Waals surface area contributed by atoms with Crippen molar-refractivity contribution in [2.75, 3.05) is 6.61 Å². The number of hydrogen-bond acceptors (Lipinski definition) is 4. The molecule has 0 aliphatic carbocycles. The average Bonchev–Trinajstić information content (AvgIpc) is 2.17. The predicted molar refractivity (Wildman–Crippen MR) is 58.0 cm³/mol. The summed E-state index contributed by atoms with van der Waals surface area (Å²) in [5.41, 5.74) is 5.44. The highest BCUT2D eigenvalue weighted by Gasteiger charge is 2.10. The molecular weight excluding hydrogens is 194 g/mol. The van der Waals surface area contributed by atoms with E-state index in [1.807, 2.05) is 13.8 Å². The molecule has 4 nitrogen and oxygen atoms in total. The Morgan fingerprint density at radius 3 is 2.80 bits per heavy atom. The van der Waals surface area contributed by atoms with Crippen LogP contribution in [0.15, 0.2) is 21.3 Å². The van der Waals surface area contributed by atoms with Gasteiger partial charge in [-0.15, -0.1) is 0 Å². The summed E-state index contributed by atoms with van der Waals surface area (Å²) in [7, 11) is 0. The lowest BCUT2D eigenvalue weighted by Gasteiger charge is -2.10. The van der Waals surface area contributed by atoms with Gasteiger partial charge in [0.05, 0.1) is 18.7 Å². The van der Waals surface area contributed by atoms with E-state index in [0.29, 0.717) is 18.1 Å². The van der Waals surface area contributed by atoms with E-state index in [2.05, 4.69) is 0 Å². The fourth-order valence-corrected chi connectivity index (χ4v) is 1.36. The summed E-state index contributed by atoms with van der Waals surface area (Å²) in [4.78, 5) is 11.2. The first-order valence-electron chi connectivity index (χ1n) is 5.20. The second-order valence-electron chi connectivity index (χ2n) is 3.34. The fourth-order valence-electron chi connectivity index (χ4n) is 1.36. The lowest BCUT2D eigenvalue weighted by atomic mass is 10.1. The van der Waals surface area contributed by atoms with Crippen molar-refractivity contribution in [3.63, 3.8) is 0 Å². The molecule has 1 unspecified atom stereocenters. The van der Waals surface area contributed by atoms with E-state index in [1.165, 1.54) is 6.07 Å². The fraction of sp³-hybridized carbons (Fsp3) is 0.545. The minimum absolute atomic E-state index is 0.233. The Balaban J connectivity index is 2.92. The molecule has 4 heteroatoms. The zero-order valence-corrected chi connectivity index (χ0v) is 9.16. The third-order valence-corrected chi connectivity index (χ3v) is 2.04. The van der Waals surface area contributed by atoms with E-state index < -0.39 is 5.63 Å². The standard InChI is InChI=1S/C11H17NO3/c1-3-5-9(12)10-6-8(14-4-2)7-11(13)15-10/h6-7,9H,3-5,12H2,1-2H3. The first kappa shape index (κ1) is 11.8. The SMILES string of the molecule is CCCC(N)c1cc(OCC)cc(=O)o1. The largest absolute Gasteiger partial charge is 0.493 e. The van der Waals surface area contributed by atoms with Crippen LogP contribution in [0.5, 0.6) is 5.75 Å². The van der Waals surface area contributed by atoms with Gasteiger partial charge in [0, 0.05) is 6.07 Å². The van der Waals surface area contributed by atoms with Crippen molar-refractivity contribution in [3.05, 3.63) is 28.3 Å². The third-order valence-electron chi connectivity index (χ3n) is 2.04. The second-order valence-corrected chi connectivity index (χ2v) is 3.34. The van der Waals surface area contributed by atoms with E-state index in [9.17, 15) is 4.79 Å². The Labute approximate surface area is 89.0 Å². The Morgan fingerprint density at radius 2 is 2.20 bits per heavy atom. The van der Waals surface area contributed by atoms with Gasteiger partial charge in [0.2, 0.25) is 0 Å². The molecule has 0 fully saturated rings. The molecule has 1 atom stereocenters. The van der Waals surface area contributed by atoms with Gasteiger partial charge in [-0.3, -0.25) is 0 Å². The molecular formula is C11H17NO3. The van der Waals surface area contributed by atoms with E-state index in [-0.39, 0.29) is 6.04 Å². The molecule has 15 heavy (non-hydrogen) atoms. The lowest BCUT2D eigenvalue weighted by Crippen LogP contribution is -2.13. The second kappa shape index (κ2) is 5.56. The maximum Gasteiger partial charge on any atom is 0.339 e. The molecule has 84 valence electrons. The monoisotopic (exact) mass is 211 g/mol. The smallest absolute Gasteiger partial charge is 0.339 e. The van der Waals surface area contributed by atoms with Crippen molar-refractivity contribution in [1.29, 1.82) is 0 Å². The van der Waals surface area contributed by atoms with Crippen molar-refractivity contribution in [3.8, 4) is 5.75 Å². The van der Waals surface area contributed by atoms with Crippen LogP contribution in [0.4, 0.5) is 0 Å². The summed E-state index contributed by atoms with van der Waals surface area (Å²) >= 11 is 0. The van der Waals surface area contributed by atoms with E-state index in [0.717, 1.165) is 12.8 Å². The Bertz CT molecular complexity index is 359. The summed E-state index contributed by atoms with van der Waals surface area (Å²) in [6, 6.07) is 2.78. The van der Waals surface area contributed by atoms with Crippen LogP contribution in [0.3, 0.4) is 0 Å². The van der Waals surface area contributed by atoms with Crippen molar-refractivity contribution >= 4 is 0 Å². The number of ether oxygens (including phenoxy) is 1. The summed E-state index contributed by atoms with van der Waals surface area (Å²) in [5, 5.41) is 0. The maximum atomic E-state index is 11.2. The van der Waals surface area contributed by atoms with Gasteiger partial charge in [0.15, 0.2) is 0 Å². The molecule has 1 heterocycles. The van der Waals surface area contributed by atoms with Gasteiger partial charge in [-0.05, 0) is 13.3 Å². The van der Waals surface area contributed by atoms with Crippen LogP contribution in [0.25, 0.3) is 0 Å². The molecule has 0 aliphatic rings. The predicted octanol–water partition coefficient (Wildman–Crippen LogP) is 1.84. The topological polar surface area (TPSA) is 65.5 Å². The summed E-state index contributed by atoms with van der Waals surface area (Å²) in [6.07, 6.45) is 1.74. The Kier molecular flexibility index (Phi) is 4.37. The van der Waals surface area contributed by atoms with Crippen LogP contribution in [-0.4, -0.2) is 6.61 Å². The van der Waals surface area contributed by atoms with Crippen LogP contribution in [0.2, 0.25) is 0 Å². The molecule has 0 aliphatic heterocycles. The van der Waals surface area contributed by atoms with Gasteiger partial charge in [-0.1, -0.05) is 13.3 Å².